The summed E-state index contributed by atoms with van der Waals surface area (Å²) < 4.78 is 45.9. The summed E-state index contributed by atoms with van der Waals surface area (Å²) >= 11 is 6.17. The second-order valence-electron chi connectivity index (χ2n) is 6.84. The monoisotopic (exact) mass is 426 g/mol. The maximum Gasteiger partial charge on any atom is 0.328 e. The lowest BCUT2D eigenvalue weighted by atomic mass is 9.95. The fourth-order valence-corrected chi connectivity index (χ4v) is 3.58. The largest absolute Gasteiger partial charge is 0.480 e. The minimum Gasteiger partial charge on any atom is -0.480 e. The Morgan fingerprint density at radius 3 is 2.66 bits per heavy atom. The number of halogens is 4. The summed E-state index contributed by atoms with van der Waals surface area (Å²) in [5.41, 5.74) is -0.633. The molecule has 1 aliphatic rings. The first-order valence-electron chi connectivity index (χ1n) is 8.63. The summed E-state index contributed by atoms with van der Waals surface area (Å²) in [4.78, 5) is 15.5. The molecule has 1 N–H and O–H groups in total. The first-order chi connectivity index (χ1) is 13.7. The zero-order valence-corrected chi connectivity index (χ0v) is 15.7. The van der Waals surface area contributed by atoms with Gasteiger partial charge in [0.1, 0.15) is 17.6 Å². The number of rotatable bonds is 6. The van der Waals surface area contributed by atoms with E-state index >= 15 is 0 Å². The fraction of sp³-hybridized carbons (Fsp3) is 0.333. The van der Waals surface area contributed by atoms with Crippen molar-refractivity contribution in [2.75, 3.05) is 0 Å². The van der Waals surface area contributed by atoms with E-state index in [0.29, 0.717) is 18.4 Å². The molecule has 2 aromatic heterocycles. The Labute approximate surface area is 167 Å². The quantitative estimate of drug-likeness (QED) is 0.628. The number of aromatic nitrogens is 4. The molecule has 152 valence electrons. The van der Waals surface area contributed by atoms with Gasteiger partial charge in [0.05, 0.1) is 5.41 Å². The van der Waals surface area contributed by atoms with Crippen LogP contribution in [-0.4, -0.2) is 31.0 Å². The van der Waals surface area contributed by atoms with Crippen molar-refractivity contribution in [2.24, 2.45) is 0 Å². The second kappa shape index (κ2) is 6.87. The van der Waals surface area contributed by atoms with Crippen LogP contribution in [0.5, 0.6) is 0 Å². The topological polar surface area (TPSA) is 94.0 Å². The van der Waals surface area contributed by atoms with Gasteiger partial charge in [0.25, 0.3) is 12.3 Å². The van der Waals surface area contributed by atoms with Crippen LogP contribution in [0.25, 0.3) is 11.6 Å². The van der Waals surface area contributed by atoms with Gasteiger partial charge in [-0.3, -0.25) is 0 Å². The van der Waals surface area contributed by atoms with E-state index in [-0.39, 0.29) is 22.4 Å². The van der Waals surface area contributed by atoms with Crippen LogP contribution in [0.15, 0.2) is 28.8 Å². The number of carbonyl (C=O) groups is 1. The maximum absolute atomic E-state index is 13.4. The van der Waals surface area contributed by atoms with Crippen LogP contribution in [-0.2, 0) is 10.2 Å². The number of nitrogens with zero attached hydrogens (tertiary/aromatic N) is 4. The lowest BCUT2D eigenvalue weighted by molar-refractivity contribution is -0.140. The summed E-state index contributed by atoms with van der Waals surface area (Å²) in [6.07, 6.45) is -1.62. The number of hydrogen-bond donors (Lipinski definition) is 1. The van der Waals surface area contributed by atoms with Crippen molar-refractivity contribution in [1.29, 1.82) is 0 Å². The van der Waals surface area contributed by atoms with Crippen LogP contribution in [0.3, 0.4) is 0 Å². The molecule has 29 heavy (non-hydrogen) atoms. The van der Waals surface area contributed by atoms with Crippen LogP contribution >= 0.6 is 11.6 Å². The predicted octanol–water partition coefficient (Wildman–Crippen LogP) is 4.39. The highest BCUT2D eigenvalue weighted by molar-refractivity contribution is 6.31. The van der Waals surface area contributed by atoms with Crippen LogP contribution in [0.2, 0.25) is 5.02 Å². The van der Waals surface area contributed by atoms with Gasteiger partial charge in [-0.1, -0.05) is 22.8 Å². The van der Waals surface area contributed by atoms with Gasteiger partial charge in [-0.05, 0) is 43.5 Å². The molecule has 7 nitrogen and oxygen atoms in total. The lowest BCUT2D eigenvalue weighted by Gasteiger charge is -2.12. The Morgan fingerprint density at radius 2 is 2.07 bits per heavy atom. The molecule has 0 saturated heterocycles. The summed E-state index contributed by atoms with van der Waals surface area (Å²) in [5, 5.41) is 17.2. The van der Waals surface area contributed by atoms with Gasteiger partial charge >= 0.3 is 5.97 Å². The van der Waals surface area contributed by atoms with E-state index in [1.165, 1.54) is 19.1 Å². The van der Waals surface area contributed by atoms with Crippen molar-refractivity contribution < 1.29 is 27.6 Å². The average Bonchev–Trinajstić information content (AvgIpc) is 3.12. The van der Waals surface area contributed by atoms with Crippen molar-refractivity contribution in [3.05, 3.63) is 52.2 Å². The van der Waals surface area contributed by atoms with Crippen molar-refractivity contribution in [2.45, 2.75) is 37.6 Å². The van der Waals surface area contributed by atoms with Crippen LogP contribution in [0.4, 0.5) is 13.2 Å². The minimum absolute atomic E-state index is 0.0619. The van der Waals surface area contributed by atoms with Gasteiger partial charge in [-0.25, -0.2) is 22.6 Å². The molecular formula is C18H14ClF3N4O3. The van der Waals surface area contributed by atoms with Crippen molar-refractivity contribution >= 4 is 17.6 Å². The number of carboxylic acids is 1. The molecule has 1 aliphatic carbocycles. The van der Waals surface area contributed by atoms with Crippen LogP contribution in [0, 0.1) is 5.82 Å². The van der Waals surface area contributed by atoms with E-state index in [0.717, 1.165) is 10.7 Å². The maximum atomic E-state index is 13.4. The Hall–Kier alpha value is -2.88. The van der Waals surface area contributed by atoms with E-state index in [1.807, 2.05) is 0 Å². The van der Waals surface area contributed by atoms with Crippen molar-refractivity contribution in [3.63, 3.8) is 0 Å². The lowest BCUT2D eigenvalue weighted by Crippen LogP contribution is -2.19. The van der Waals surface area contributed by atoms with E-state index in [9.17, 15) is 18.0 Å². The SMILES string of the molecule is CC(C(=O)O)n1nc(-c2nc(C3(c4ccc(F)cc4Cl)CC3)no2)cc1C(F)F. The second-order valence-corrected chi connectivity index (χ2v) is 7.25. The summed E-state index contributed by atoms with van der Waals surface area (Å²) in [6, 6.07) is 3.75. The number of carboxylic acid groups (broad SMARTS) is 1. The Bertz CT molecular complexity index is 1090. The van der Waals surface area contributed by atoms with Crippen LogP contribution < -0.4 is 0 Å². The third kappa shape index (κ3) is 3.27. The molecule has 0 spiro atoms. The number of aliphatic carboxylic acids is 1. The number of hydrogen-bond acceptors (Lipinski definition) is 5. The molecule has 11 heteroatoms. The zero-order chi connectivity index (χ0) is 20.9. The van der Waals surface area contributed by atoms with Crippen LogP contribution in [0.1, 0.15) is 49.3 Å². The van der Waals surface area contributed by atoms with Gasteiger partial charge in [0.15, 0.2) is 11.5 Å². The number of alkyl halides is 2. The first kappa shape index (κ1) is 19.4. The molecular weight excluding hydrogens is 413 g/mol. The molecule has 3 aromatic rings. The molecule has 4 rings (SSSR count). The summed E-state index contributed by atoms with van der Waals surface area (Å²) in [7, 11) is 0. The van der Waals surface area contributed by atoms with Gasteiger partial charge < -0.3 is 9.63 Å². The average molecular weight is 427 g/mol. The summed E-state index contributed by atoms with van der Waals surface area (Å²) in [5.74, 6) is -1.63. The molecule has 1 unspecified atom stereocenters. The summed E-state index contributed by atoms with van der Waals surface area (Å²) in [6.45, 7) is 1.24. The molecule has 1 aromatic carbocycles. The van der Waals surface area contributed by atoms with Crippen molar-refractivity contribution in [1.82, 2.24) is 19.9 Å². The highest BCUT2D eigenvalue weighted by atomic mass is 35.5. The molecule has 0 radical (unpaired) electrons. The first-order valence-corrected chi connectivity index (χ1v) is 9.01. The highest BCUT2D eigenvalue weighted by Crippen LogP contribution is 2.54. The Balaban J connectivity index is 1.71. The zero-order valence-electron chi connectivity index (χ0n) is 14.9. The molecule has 0 aliphatic heterocycles. The predicted molar refractivity (Wildman–Crippen MR) is 94.2 cm³/mol. The molecule has 2 heterocycles. The standard InChI is InChI=1S/C18H14ClF3N4O3/c1-8(16(27)28)26-13(14(21)22)7-12(24-26)15-23-17(25-29-15)18(4-5-18)10-3-2-9(20)6-11(10)19/h2-3,6-8,14H,4-5H2,1H3,(H,27,28). The normalized spacial score (nSPS) is 16.2. The third-order valence-corrected chi connectivity index (χ3v) is 5.30. The number of benzene rings is 1. The molecule has 0 amide bonds. The van der Waals surface area contributed by atoms with Crippen molar-refractivity contribution in [3.8, 4) is 11.6 Å². The van der Waals surface area contributed by atoms with Gasteiger partial charge in [0, 0.05) is 5.02 Å². The molecule has 0 bridgehead atoms. The molecule has 1 saturated carbocycles. The van der Waals surface area contributed by atoms with Gasteiger partial charge in [-0.15, -0.1) is 0 Å². The Kier molecular flexibility index (Phi) is 4.60. The van der Waals surface area contributed by atoms with Gasteiger partial charge in [-0.2, -0.15) is 10.1 Å². The fourth-order valence-electron chi connectivity index (χ4n) is 3.23. The third-order valence-electron chi connectivity index (χ3n) is 4.98. The molecule has 1 fully saturated rings. The Morgan fingerprint density at radius 1 is 1.34 bits per heavy atom. The molecule has 1 atom stereocenters. The van der Waals surface area contributed by atoms with E-state index in [2.05, 4.69) is 15.2 Å². The minimum atomic E-state index is -2.94. The highest BCUT2D eigenvalue weighted by Gasteiger charge is 2.51. The van der Waals surface area contributed by atoms with E-state index < -0.39 is 35.4 Å². The van der Waals surface area contributed by atoms with E-state index in [1.54, 1.807) is 6.07 Å². The van der Waals surface area contributed by atoms with E-state index in [4.69, 9.17) is 21.2 Å². The van der Waals surface area contributed by atoms with Gasteiger partial charge in [0.2, 0.25) is 0 Å². The smallest absolute Gasteiger partial charge is 0.328 e.